The molecule has 170 valence electrons. The van der Waals surface area contributed by atoms with Crippen LogP contribution < -0.4 is 4.90 Å². The molecule has 0 saturated heterocycles. The van der Waals surface area contributed by atoms with E-state index in [0.29, 0.717) is 18.1 Å². The summed E-state index contributed by atoms with van der Waals surface area (Å²) in [5, 5.41) is 11.3. The van der Waals surface area contributed by atoms with Gasteiger partial charge in [-0.05, 0) is 48.1 Å². The molecule has 0 bridgehead atoms. The summed E-state index contributed by atoms with van der Waals surface area (Å²) in [6.07, 6.45) is 2.26. The number of thioether (sulfide) groups is 1. The summed E-state index contributed by atoms with van der Waals surface area (Å²) < 4.78 is 28.0. The van der Waals surface area contributed by atoms with Crippen molar-refractivity contribution >= 4 is 44.7 Å². The van der Waals surface area contributed by atoms with Gasteiger partial charge in [0.2, 0.25) is 15.9 Å². The third-order valence-corrected chi connectivity index (χ3v) is 9.10. The minimum absolute atomic E-state index is 0.0260. The lowest BCUT2D eigenvalue weighted by molar-refractivity contribution is -0.116. The average molecular weight is 492 g/mol. The summed E-state index contributed by atoms with van der Waals surface area (Å²) in [4.78, 5) is 16.2. The molecule has 1 aromatic carbocycles. The van der Waals surface area contributed by atoms with Crippen molar-refractivity contribution in [2.24, 2.45) is 7.05 Å². The van der Waals surface area contributed by atoms with Crippen molar-refractivity contribution in [1.29, 1.82) is 0 Å². The van der Waals surface area contributed by atoms with Crippen LogP contribution in [0.4, 0.5) is 5.69 Å². The maximum Gasteiger partial charge on any atom is 0.242 e. The van der Waals surface area contributed by atoms with Crippen molar-refractivity contribution in [3.63, 3.8) is 0 Å². The number of hydrogen-bond acceptors (Lipinski definition) is 7. The first-order chi connectivity index (χ1) is 15.3. The van der Waals surface area contributed by atoms with E-state index in [9.17, 15) is 13.2 Å². The number of rotatable bonds is 7. The molecule has 0 saturated carbocycles. The monoisotopic (exact) mass is 491 g/mol. The summed E-state index contributed by atoms with van der Waals surface area (Å²) in [6.45, 7) is 0.620. The van der Waals surface area contributed by atoms with Crippen molar-refractivity contribution in [1.82, 2.24) is 19.1 Å². The quantitative estimate of drug-likeness (QED) is 0.472. The van der Waals surface area contributed by atoms with Crippen LogP contribution in [0.3, 0.4) is 0 Å². The molecule has 1 amide bonds. The Morgan fingerprint density at radius 1 is 1.25 bits per heavy atom. The van der Waals surface area contributed by atoms with Crippen molar-refractivity contribution in [3.05, 3.63) is 52.0 Å². The summed E-state index contributed by atoms with van der Waals surface area (Å²) in [5.74, 6) is 1.07. The molecule has 1 aliphatic rings. The fourth-order valence-electron chi connectivity index (χ4n) is 3.60. The molecule has 11 heteroatoms. The molecule has 1 aliphatic heterocycles. The Kier molecular flexibility index (Phi) is 6.70. The van der Waals surface area contributed by atoms with Crippen molar-refractivity contribution in [3.8, 4) is 0 Å². The van der Waals surface area contributed by atoms with Gasteiger partial charge in [-0.2, -0.15) is 0 Å². The van der Waals surface area contributed by atoms with E-state index in [1.54, 1.807) is 34.4 Å². The Balaban J connectivity index is 1.46. The molecule has 4 rings (SSSR count). The maximum atomic E-state index is 13.0. The molecular formula is C21H25N5O3S3. The maximum absolute atomic E-state index is 13.0. The number of benzene rings is 1. The van der Waals surface area contributed by atoms with Gasteiger partial charge in [0, 0.05) is 44.7 Å². The summed E-state index contributed by atoms with van der Waals surface area (Å²) in [5.41, 5.74) is 1.67. The Bertz CT molecular complexity index is 1220. The summed E-state index contributed by atoms with van der Waals surface area (Å²) >= 11 is 3.05. The van der Waals surface area contributed by atoms with E-state index < -0.39 is 10.0 Å². The first kappa shape index (κ1) is 23.0. The van der Waals surface area contributed by atoms with Crippen molar-refractivity contribution in [2.75, 3.05) is 31.3 Å². The van der Waals surface area contributed by atoms with Crippen LogP contribution in [0.25, 0.3) is 0 Å². The third kappa shape index (κ3) is 4.61. The summed E-state index contributed by atoms with van der Waals surface area (Å²) in [7, 11) is 1.44. The number of carbonyl (C=O) groups is 1. The number of amides is 1. The lowest BCUT2D eigenvalue weighted by Gasteiger charge is -2.30. The van der Waals surface area contributed by atoms with E-state index in [4.69, 9.17) is 0 Å². The fourth-order valence-corrected chi connectivity index (χ4v) is 6.06. The standard InChI is InChI=1S/C21H25N5O3S3/c1-24(2)32(28,29)17-8-9-18-15(12-17)6-4-10-26(18)20(27)14-31-21-23-22-19(25(21)3)13-16-7-5-11-30-16/h5,7-9,11-12H,4,6,10,13-14H2,1-3H3. The fraction of sp³-hybridized carbons (Fsp3) is 0.381. The molecule has 0 radical (unpaired) electrons. The molecule has 0 atom stereocenters. The molecule has 3 aromatic rings. The van der Waals surface area contributed by atoms with E-state index in [1.807, 2.05) is 23.1 Å². The topological polar surface area (TPSA) is 88.4 Å². The minimum atomic E-state index is -3.51. The highest BCUT2D eigenvalue weighted by Gasteiger charge is 2.26. The molecule has 0 fully saturated rings. The van der Waals surface area contributed by atoms with E-state index in [-0.39, 0.29) is 16.6 Å². The normalized spacial score (nSPS) is 14.1. The molecule has 3 heterocycles. The first-order valence-electron chi connectivity index (χ1n) is 10.2. The molecule has 0 spiro atoms. The Morgan fingerprint density at radius 2 is 2.06 bits per heavy atom. The first-order valence-corrected chi connectivity index (χ1v) is 13.5. The average Bonchev–Trinajstić information content (AvgIpc) is 3.41. The zero-order chi connectivity index (χ0) is 22.9. The second-order valence-corrected chi connectivity index (χ2v) is 11.9. The third-order valence-electron chi connectivity index (χ3n) is 5.41. The van der Waals surface area contributed by atoms with Crippen LogP contribution in [-0.4, -0.2) is 59.8 Å². The second-order valence-electron chi connectivity index (χ2n) is 7.73. The molecular weight excluding hydrogens is 466 g/mol. The highest BCUT2D eigenvalue weighted by molar-refractivity contribution is 7.99. The van der Waals surface area contributed by atoms with Gasteiger partial charge in [0.15, 0.2) is 5.16 Å². The van der Waals surface area contributed by atoms with E-state index in [1.165, 1.54) is 35.0 Å². The van der Waals surface area contributed by atoms with Crippen LogP contribution in [-0.2, 0) is 34.7 Å². The molecule has 0 unspecified atom stereocenters. The van der Waals surface area contributed by atoms with Gasteiger partial charge in [0.25, 0.3) is 0 Å². The van der Waals surface area contributed by atoms with Gasteiger partial charge >= 0.3 is 0 Å². The van der Waals surface area contributed by atoms with Crippen molar-refractivity contribution in [2.45, 2.75) is 29.3 Å². The predicted octanol–water partition coefficient (Wildman–Crippen LogP) is 2.79. The van der Waals surface area contributed by atoms with Gasteiger partial charge < -0.3 is 9.47 Å². The Morgan fingerprint density at radius 3 is 2.78 bits per heavy atom. The highest BCUT2D eigenvalue weighted by atomic mass is 32.2. The molecule has 32 heavy (non-hydrogen) atoms. The number of aryl methyl sites for hydroxylation is 1. The van der Waals surface area contributed by atoms with Gasteiger partial charge in [-0.15, -0.1) is 21.5 Å². The zero-order valence-corrected chi connectivity index (χ0v) is 20.6. The van der Waals surface area contributed by atoms with Crippen LogP contribution >= 0.6 is 23.1 Å². The van der Waals surface area contributed by atoms with Gasteiger partial charge in [-0.1, -0.05) is 17.8 Å². The van der Waals surface area contributed by atoms with E-state index in [0.717, 1.165) is 29.9 Å². The lowest BCUT2D eigenvalue weighted by Crippen LogP contribution is -2.37. The largest absolute Gasteiger partial charge is 0.311 e. The van der Waals surface area contributed by atoms with E-state index >= 15 is 0 Å². The number of nitrogens with zero attached hydrogens (tertiary/aromatic N) is 5. The van der Waals surface area contributed by atoms with Gasteiger partial charge in [-0.25, -0.2) is 12.7 Å². The molecule has 0 N–H and O–H groups in total. The van der Waals surface area contributed by atoms with Crippen LogP contribution in [0.15, 0.2) is 45.8 Å². The number of aromatic nitrogens is 3. The number of hydrogen-bond donors (Lipinski definition) is 0. The SMILES string of the molecule is CN(C)S(=O)(=O)c1ccc2c(c1)CCCN2C(=O)CSc1nnc(Cc2cccs2)n1C. The summed E-state index contributed by atoms with van der Waals surface area (Å²) in [6, 6.07) is 9.09. The van der Waals surface area contributed by atoms with Gasteiger partial charge in [0.1, 0.15) is 5.82 Å². The lowest BCUT2D eigenvalue weighted by atomic mass is 10.0. The Labute approximate surface area is 196 Å². The molecule has 2 aromatic heterocycles. The number of thiophene rings is 1. The van der Waals surface area contributed by atoms with Crippen LogP contribution in [0.1, 0.15) is 22.7 Å². The van der Waals surface area contributed by atoms with Crippen LogP contribution in [0, 0.1) is 0 Å². The second kappa shape index (κ2) is 9.34. The van der Waals surface area contributed by atoms with Crippen LogP contribution in [0.5, 0.6) is 0 Å². The minimum Gasteiger partial charge on any atom is -0.311 e. The van der Waals surface area contributed by atoms with Crippen molar-refractivity contribution < 1.29 is 13.2 Å². The smallest absolute Gasteiger partial charge is 0.242 e. The van der Waals surface area contributed by atoms with Gasteiger partial charge in [0.05, 0.1) is 10.6 Å². The highest BCUT2D eigenvalue weighted by Crippen LogP contribution is 2.31. The zero-order valence-electron chi connectivity index (χ0n) is 18.2. The Hall–Kier alpha value is -2.21. The molecule has 8 nitrogen and oxygen atoms in total. The molecule has 0 aliphatic carbocycles. The number of sulfonamides is 1. The number of anilines is 1. The van der Waals surface area contributed by atoms with E-state index in [2.05, 4.69) is 16.3 Å². The predicted molar refractivity (Wildman–Crippen MR) is 127 cm³/mol. The van der Waals surface area contributed by atoms with Crippen LogP contribution in [0.2, 0.25) is 0 Å². The number of carbonyl (C=O) groups excluding carboxylic acids is 1. The van der Waals surface area contributed by atoms with Gasteiger partial charge in [-0.3, -0.25) is 4.79 Å². The number of fused-ring (bicyclic) bond motifs is 1.